The molecule has 4 rings (SSSR count). The highest BCUT2D eigenvalue weighted by atomic mass is 16.1. The smallest absolute Gasteiger partial charge is 0.221 e. The molecule has 3 aromatic rings. The van der Waals surface area contributed by atoms with Crippen LogP contribution in [0.1, 0.15) is 61.3 Å². The first-order valence-corrected chi connectivity index (χ1v) is 11.0. The number of anilines is 1. The van der Waals surface area contributed by atoms with Crippen LogP contribution >= 0.6 is 0 Å². The van der Waals surface area contributed by atoms with Crippen molar-refractivity contribution >= 4 is 17.2 Å². The maximum absolute atomic E-state index is 13.0. The zero-order chi connectivity index (χ0) is 21.1. The Balaban J connectivity index is 1.65. The van der Waals surface area contributed by atoms with Gasteiger partial charge < -0.3 is 14.6 Å². The van der Waals surface area contributed by atoms with Gasteiger partial charge in [0.15, 0.2) is 0 Å². The second kappa shape index (κ2) is 8.90. The highest BCUT2D eigenvalue weighted by Crippen LogP contribution is 2.31. The summed E-state index contributed by atoms with van der Waals surface area (Å²) in [7, 11) is 4.08. The number of rotatable bonds is 6. The molecule has 158 valence electrons. The average Bonchev–Trinajstić information content (AvgIpc) is 3.18. The molecule has 30 heavy (non-hydrogen) atoms. The topological polar surface area (TPSA) is 49.6 Å². The molecule has 1 saturated carbocycles. The first-order valence-electron chi connectivity index (χ1n) is 11.0. The highest BCUT2D eigenvalue weighted by molar-refractivity contribution is 5.78. The van der Waals surface area contributed by atoms with Gasteiger partial charge in [-0.15, -0.1) is 0 Å². The van der Waals surface area contributed by atoms with Crippen LogP contribution in [0.5, 0.6) is 0 Å². The monoisotopic (exact) mass is 404 g/mol. The number of nitrogens with zero attached hydrogens (tertiary/aromatic N) is 3. The molecule has 1 aromatic carbocycles. The molecule has 5 heteroatoms. The number of carbonyl (C=O) groups is 1. The number of imidazole rings is 1. The molecule has 2 aromatic heterocycles. The largest absolute Gasteiger partial charge is 0.378 e. The zero-order valence-corrected chi connectivity index (χ0v) is 18.3. The molecule has 1 aliphatic carbocycles. The minimum absolute atomic E-state index is 0.0402. The van der Waals surface area contributed by atoms with Crippen molar-refractivity contribution in [1.82, 2.24) is 14.7 Å². The number of fused-ring (bicyclic) bond motifs is 1. The molecule has 1 unspecified atom stereocenters. The van der Waals surface area contributed by atoms with Crippen LogP contribution in [-0.2, 0) is 4.79 Å². The van der Waals surface area contributed by atoms with E-state index < -0.39 is 0 Å². The molecule has 5 nitrogen and oxygen atoms in total. The summed E-state index contributed by atoms with van der Waals surface area (Å²) in [5, 5.41) is 3.29. The Morgan fingerprint density at radius 2 is 1.90 bits per heavy atom. The van der Waals surface area contributed by atoms with Crippen LogP contribution in [-0.4, -0.2) is 35.4 Å². The summed E-state index contributed by atoms with van der Waals surface area (Å²) in [5.74, 6) is 0.0905. The van der Waals surface area contributed by atoms with Crippen molar-refractivity contribution < 1.29 is 4.79 Å². The highest BCUT2D eigenvalue weighted by Gasteiger charge is 2.24. The quantitative estimate of drug-likeness (QED) is 0.649. The number of aryl methyl sites for hydroxylation is 1. The fourth-order valence-electron chi connectivity index (χ4n) is 4.55. The summed E-state index contributed by atoms with van der Waals surface area (Å²) in [5.41, 5.74) is 5.44. The summed E-state index contributed by atoms with van der Waals surface area (Å²) in [4.78, 5) is 19.8. The predicted molar refractivity (Wildman–Crippen MR) is 122 cm³/mol. The van der Waals surface area contributed by atoms with E-state index in [0.29, 0.717) is 12.5 Å². The van der Waals surface area contributed by atoms with Gasteiger partial charge in [0.25, 0.3) is 0 Å². The van der Waals surface area contributed by atoms with Gasteiger partial charge >= 0.3 is 0 Å². The van der Waals surface area contributed by atoms with Gasteiger partial charge in [0.1, 0.15) is 5.65 Å². The minimum atomic E-state index is -0.0402. The second-order valence-electron chi connectivity index (χ2n) is 8.71. The molecule has 0 bridgehead atoms. The van der Waals surface area contributed by atoms with Crippen LogP contribution < -0.4 is 10.2 Å². The van der Waals surface area contributed by atoms with Gasteiger partial charge in [0, 0.05) is 50.6 Å². The van der Waals surface area contributed by atoms with Crippen LogP contribution in [0.3, 0.4) is 0 Å². The van der Waals surface area contributed by atoms with E-state index in [4.69, 9.17) is 0 Å². The first kappa shape index (κ1) is 20.5. The summed E-state index contributed by atoms with van der Waals surface area (Å²) in [6, 6.07) is 13.0. The van der Waals surface area contributed by atoms with Crippen molar-refractivity contribution in [2.45, 2.75) is 57.4 Å². The third kappa shape index (κ3) is 4.35. The summed E-state index contributed by atoms with van der Waals surface area (Å²) < 4.78 is 2.13. The third-order valence-electron chi connectivity index (χ3n) is 6.29. The first-order chi connectivity index (χ1) is 14.5. The molecule has 0 aliphatic heterocycles. The van der Waals surface area contributed by atoms with Crippen molar-refractivity contribution in [3.05, 3.63) is 65.6 Å². The Morgan fingerprint density at radius 3 is 2.60 bits per heavy atom. The normalized spacial score (nSPS) is 15.8. The van der Waals surface area contributed by atoms with Gasteiger partial charge in [-0.25, -0.2) is 4.98 Å². The van der Waals surface area contributed by atoms with E-state index in [0.717, 1.165) is 41.0 Å². The Kier molecular flexibility index (Phi) is 6.07. The molecular formula is C25H32N4O. The predicted octanol–water partition coefficient (Wildman–Crippen LogP) is 4.68. The molecule has 2 heterocycles. The van der Waals surface area contributed by atoms with E-state index in [1.165, 1.54) is 19.3 Å². The van der Waals surface area contributed by atoms with Crippen molar-refractivity contribution in [2.24, 2.45) is 0 Å². The number of benzene rings is 1. The van der Waals surface area contributed by atoms with Gasteiger partial charge in [-0.2, -0.15) is 0 Å². The van der Waals surface area contributed by atoms with E-state index >= 15 is 0 Å². The summed E-state index contributed by atoms with van der Waals surface area (Å²) in [6.07, 6.45) is 10.3. The van der Waals surface area contributed by atoms with Gasteiger partial charge in [-0.1, -0.05) is 37.5 Å². The van der Waals surface area contributed by atoms with Crippen molar-refractivity contribution in [3.63, 3.8) is 0 Å². The molecule has 1 N–H and O–H groups in total. The molecular weight excluding hydrogens is 372 g/mol. The van der Waals surface area contributed by atoms with Gasteiger partial charge in [-0.3, -0.25) is 4.79 Å². The standard InChI is InChI=1S/C25H32N4O/c1-18-8-7-15-29-23(17-26-25(18)29)22(19-11-13-21(14-12-19)28(2)3)16-24(30)27-20-9-5-4-6-10-20/h7-8,11-15,17,20,22H,4-6,9-10,16H2,1-3H3,(H,27,30). The third-order valence-corrected chi connectivity index (χ3v) is 6.29. The van der Waals surface area contributed by atoms with Gasteiger partial charge in [0.2, 0.25) is 5.91 Å². The SMILES string of the molecule is Cc1cccn2c(C(CC(=O)NC3CCCCC3)c3ccc(N(C)C)cc3)cnc12. The van der Waals surface area contributed by atoms with E-state index in [2.05, 4.69) is 56.9 Å². The Labute approximate surface area is 179 Å². The average molecular weight is 405 g/mol. The Hall–Kier alpha value is -2.82. The number of carbonyl (C=O) groups excluding carboxylic acids is 1. The number of pyridine rings is 1. The molecule has 0 spiro atoms. The molecule has 1 aliphatic rings. The molecule has 0 radical (unpaired) electrons. The fraction of sp³-hybridized carbons (Fsp3) is 0.440. The van der Waals surface area contributed by atoms with Crippen LogP contribution in [0, 0.1) is 6.92 Å². The maximum Gasteiger partial charge on any atom is 0.221 e. The maximum atomic E-state index is 13.0. The number of nitrogens with one attached hydrogen (secondary N) is 1. The van der Waals surface area contributed by atoms with E-state index in [9.17, 15) is 4.79 Å². The molecule has 1 atom stereocenters. The van der Waals surface area contributed by atoms with E-state index in [1.54, 1.807) is 0 Å². The van der Waals surface area contributed by atoms with E-state index in [-0.39, 0.29) is 11.8 Å². The fourth-order valence-corrected chi connectivity index (χ4v) is 4.55. The van der Waals surface area contributed by atoms with Crippen molar-refractivity contribution in [2.75, 3.05) is 19.0 Å². The van der Waals surface area contributed by atoms with Gasteiger partial charge in [0.05, 0.1) is 5.69 Å². The van der Waals surface area contributed by atoms with Crippen LogP contribution in [0.25, 0.3) is 5.65 Å². The van der Waals surface area contributed by atoms with Crippen molar-refractivity contribution in [1.29, 1.82) is 0 Å². The summed E-state index contributed by atoms with van der Waals surface area (Å²) >= 11 is 0. The Bertz CT molecular complexity index is 1000. The Morgan fingerprint density at radius 1 is 1.17 bits per heavy atom. The lowest BCUT2D eigenvalue weighted by atomic mass is 9.91. The van der Waals surface area contributed by atoms with E-state index in [1.807, 2.05) is 32.6 Å². The lowest BCUT2D eigenvalue weighted by Crippen LogP contribution is -2.37. The second-order valence-corrected chi connectivity index (χ2v) is 8.71. The van der Waals surface area contributed by atoms with Crippen LogP contribution in [0.15, 0.2) is 48.8 Å². The minimum Gasteiger partial charge on any atom is -0.378 e. The lowest BCUT2D eigenvalue weighted by Gasteiger charge is -2.24. The summed E-state index contributed by atoms with van der Waals surface area (Å²) in [6.45, 7) is 2.07. The van der Waals surface area contributed by atoms with Crippen LogP contribution in [0.2, 0.25) is 0 Å². The molecule has 1 fully saturated rings. The lowest BCUT2D eigenvalue weighted by molar-refractivity contribution is -0.122. The number of hydrogen-bond donors (Lipinski definition) is 1. The molecule has 1 amide bonds. The van der Waals surface area contributed by atoms with Gasteiger partial charge in [-0.05, 0) is 49.1 Å². The number of hydrogen-bond acceptors (Lipinski definition) is 3. The zero-order valence-electron chi connectivity index (χ0n) is 18.3. The molecule has 0 saturated heterocycles. The van der Waals surface area contributed by atoms with Crippen molar-refractivity contribution in [3.8, 4) is 0 Å². The van der Waals surface area contributed by atoms with Crippen LogP contribution in [0.4, 0.5) is 5.69 Å². The number of amides is 1. The number of aromatic nitrogens is 2.